The van der Waals surface area contributed by atoms with Crippen LogP contribution in [-0.4, -0.2) is 37.2 Å². The van der Waals surface area contributed by atoms with E-state index in [0.29, 0.717) is 24.2 Å². The number of hydrogen-bond donors (Lipinski definition) is 3. The summed E-state index contributed by atoms with van der Waals surface area (Å²) in [6.07, 6.45) is 4.01. The lowest BCUT2D eigenvalue weighted by molar-refractivity contribution is -0.137. The molecule has 5 rings (SSSR count). The Morgan fingerprint density at radius 2 is 1.92 bits per heavy atom. The third kappa shape index (κ3) is 4.97. The number of benzene rings is 2. The minimum atomic E-state index is -0.760. The van der Waals surface area contributed by atoms with Gasteiger partial charge in [0.25, 0.3) is 5.56 Å². The molecule has 2 heterocycles. The van der Waals surface area contributed by atoms with Crippen LogP contribution >= 0.6 is 0 Å². The summed E-state index contributed by atoms with van der Waals surface area (Å²) in [4.78, 5) is 44.0. The Labute approximate surface area is 212 Å². The molecule has 1 atom stereocenters. The highest BCUT2D eigenvalue weighted by molar-refractivity contribution is 5.69. The predicted molar refractivity (Wildman–Crippen MR) is 139 cm³/mol. The van der Waals surface area contributed by atoms with Gasteiger partial charge in [0.1, 0.15) is 11.6 Å². The van der Waals surface area contributed by atoms with Crippen molar-refractivity contribution in [2.75, 3.05) is 6.61 Å². The smallest absolute Gasteiger partial charge is 0.325 e. The Kier molecular flexibility index (Phi) is 6.52. The molecule has 3 N–H and O–H groups in total. The number of imidazole rings is 1. The van der Waals surface area contributed by atoms with Gasteiger partial charge in [-0.05, 0) is 54.5 Å². The Hall–Kier alpha value is -4.40. The van der Waals surface area contributed by atoms with Crippen LogP contribution in [-0.2, 0) is 24.7 Å². The van der Waals surface area contributed by atoms with Crippen molar-refractivity contribution in [3.8, 4) is 28.3 Å². The molecule has 0 spiro atoms. The molecular weight excluding hydrogens is 472 g/mol. The molecule has 0 amide bonds. The van der Waals surface area contributed by atoms with Crippen molar-refractivity contribution < 1.29 is 14.6 Å². The normalized spacial score (nSPS) is 14.5. The summed E-state index contributed by atoms with van der Waals surface area (Å²) < 4.78 is 8.10. The van der Waals surface area contributed by atoms with Gasteiger partial charge in [-0.2, -0.15) is 0 Å². The molecule has 9 nitrogen and oxygen atoms in total. The molecule has 0 radical (unpaired) electrons. The number of carbonyl (C=O) groups is 1. The summed E-state index contributed by atoms with van der Waals surface area (Å²) in [7, 11) is 1.98. The van der Waals surface area contributed by atoms with Gasteiger partial charge in [-0.25, -0.2) is 9.78 Å². The highest BCUT2D eigenvalue weighted by Gasteiger charge is 2.25. The number of aliphatic carboxylic acids is 1. The molecule has 0 saturated heterocycles. The van der Waals surface area contributed by atoms with Crippen molar-refractivity contribution in [1.82, 2.24) is 19.5 Å². The average Bonchev–Trinajstić information content (AvgIpc) is 3.39. The fourth-order valence-electron chi connectivity index (χ4n) is 5.16. The summed E-state index contributed by atoms with van der Waals surface area (Å²) in [6.45, 7) is 2.47. The first-order valence-electron chi connectivity index (χ1n) is 12.2. The van der Waals surface area contributed by atoms with Crippen molar-refractivity contribution in [3.05, 3.63) is 92.0 Å². The molecule has 1 aliphatic carbocycles. The van der Waals surface area contributed by atoms with Gasteiger partial charge >= 0.3 is 11.7 Å². The predicted octanol–water partition coefficient (Wildman–Crippen LogP) is 3.57. The Bertz CT molecular complexity index is 1580. The second-order valence-corrected chi connectivity index (χ2v) is 9.38. The second-order valence-electron chi connectivity index (χ2n) is 9.38. The third-order valence-corrected chi connectivity index (χ3v) is 7.03. The fraction of sp³-hybridized carbons (Fsp3) is 0.286. The molecule has 1 aliphatic rings. The van der Waals surface area contributed by atoms with Gasteiger partial charge < -0.3 is 19.4 Å². The van der Waals surface area contributed by atoms with Crippen molar-refractivity contribution in [3.63, 3.8) is 0 Å². The van der Waals surface area contributed by atoms with E-state index in [-0.39, 0.29) is 12.3 Å². The Morgan fingerprint density at radius 3 is 2.65 bits per heavy atom. The lowest BCUT2D eigenvalue weighted by Gasteiger charge is -2.12. The number of nitrogens with zero attached hydrogens (tertiary/aromatic N) is 2. The summed E-state index contributed by atoms with van der Waals surface area (Å²) >= 11 is 0. The van der Waals surface area contributed by atoms with Crippen LogP contribution in [0.3, 0.4) is 0 Å². The SMILES string of the molecule is Cc1nc(-c2ccc(-c3c[nH]c(=O)[nH]c3=O)cc2)n(C)c1CCOc1ccc2c(c1)CC[C@H]2CC(=O)O. The number of carboxylic acids is 1. The number of nitrogens with one attached hydrogen (secondary N) is 2. The van der Waals surface area contributed by atoms with Gasteiger partial charge in [0.05, 0.1) is 24.3 Å². The zero-order valence-corrected chi connectivity index (χ0v) is 20.7. The first kappa shape index (κ1) is 24.3. The van der Waals surface area contributed by atoms with Crippen LogP contribution in [0.1, 0.15) is 41.3 Å². The third-order valence-electron chi connectivity index (χ3n) is 7.03. The van der Waals surface area contributed by atoms with Gasteiger partial charge in [0, 0.05) is 30.9 Å². The molecule has 0 saturated carbocycles. The largest absolute Gasteiger partial charge is 0.493 e. The molecule has 0 fully saturated rings. The van der Waals surface area contributed by atoms with Crippen molar-refractivity contribution in [2.24, 2.45) is 7.05 Å². The first-order chi connectivity index (χ1) is 17.8. The van der Waals surface area contributed by atoms with E-state index in [4.69, 9.17) is 14.8 Å². The van der Waals surface area contributed by atoms with Crippen LogP contribution < -0.4 is 16.0 Å². The second kappa shape index (κ2) is 9.93. The summed E-state index contributed by atoms with van der Waals surface area (Å²) in [6, 6.07) is 13.4. The highest BCUT2D eigenvalue weighted by atomic mass is 16.5. The lowest BCUT2D eigenvalue weighted by Crippen LogP contribution is -2.22. The molecule has 2 aromatic carbocycles. The van der Waals surface area contributed by atoms with E-state index in [1.165, 1.54) is 11.8 Å². The Morgan fingerprint density at radius 1 is 1.16 bits per heavy atom. The molecule has 4 aromatic rings. The van der Waals surface area contributed by atoms with Gasteiger partial charge in [-0.3, -0.25) is 14.6 Å². The van der Waals surface area contributed by atoms with Crippen LogP contribution in [0.2, 0.25) is 0 Å². The van der Waals surface area contributed by atoms with Gasteiger partial charge in [-0.1, -0.05) is 30.3 Å². The average molecular weight is 501 g/mol. The minimum absolute atomic E-state index is 0.0866. The van der Waals surface area contributed by atoms with Gasteiger partial charge in [-0.15, -0.1) is 0 Å². The maximum Gasteiger partial charge on any atom is 0.325 e. The number of H-pyrrole nitrogens is 2. The standard InChI is InChI=1S/C28H28N4O5/c1-16-24(11-12-37-21-9-10-22-19(13-21)7-8-20(22)14-25(33)34)32(2)26(30-16)18-5-3-17(4-6-18)23-15-29-28(36)31-27(23)35/h3-6,9-10,13,15,20H,7-8,11-12,14H2,1-2H3,(H,33,34)(H2,29,31,35,36)/t20-/m0/s1. The van der Waals surface area contributed by atoms with Crippen molar-refractivity contribution >= 4 is 5.97 Å². The van der Waals surface area contributed by atoms with Crippen LogP contribution in [0.15, 0.2) is 58.3 Å². The van der Waals surface area contributed by atoms with Crippen LogP contribution in [0.25, 0.3) is 22.5 Å². The van der Waals surface area contributed by atoms with Gasteiger partial charge in [0.2, 0.25) is 0 Å². The van der Waals surface area contributed by atoms with E-state index < -0.39 is 17.2 Å². The summed E-state index contributed by atoms with van der Waals surface area (Å²) in [5.41, 5.74) is 5.32. The lowest BCUT2D eigenvalue weighted by atomic mass is 9.98. The molecule has 2 aromatic heterocycles. The maximum absolute atomic E-state index is 12.1. The van der Waals surface area contributed by atoms with E-state index in [0.717, 1.165) is 46.9 Å². The zero-order valence-electron chi connectivity index (χ0n) is 20.7. The van der Waals surface area contributed by atoms with Crippen LogP contribution in [0.5, 0.6) is 5.75 Å². The molecule has 0 unspecified atom stereocenters. The molecule has 37 heavy (non-hydrogen) atoms. The topological polar surface area (TPSA) is 130 Å². The van der Waals surface area contributed by atoms with Gasteiger partial charge in [0.15, 0.2) is 0 Å². The summed E-state index contributed by atoms with van der Waals surface area (Å²) in [5.74, 6) is 0.937. The molecule has 0 bridgehead atoms. The van der Waals surface area contributed by atoms with E-state index in [1.54, 1.807) is 0 Å². The number of aryl methyl sites for hydroxylation is 2. The number of ether oxygens (including phenoxy) is 1. The first-order valence-corrected chi connectivity index (χ1v) is 12.2. The number of aromatic nitrogens is 4. The fourth-order valence-corrected chi connectivity index (χ4v) is 5.16. The zero-order chi connectivity index (χ0) is 26.1. The van der Waals surface area contributed by atoms with Crippen LogP contribution in [0.4, 0.5) is 0 Å². The molecule has 0 aliphatic heterocycles. The number of aromatic amines is 2. The molecule has 190 valence electrons. The van der Waals surface area contributed by atoms with Crippen LogP contribution in [0, 0.1) is 6.92 Å². The number of carboxylic acid groups (broad SMARTS) is 1. The van der Waals surface area contributed by atoms with E-state index in [1.807, 2.05) is 56.4 Å². The quantitative estimate of drug-likeness (QED) is 0.339. The number of rotatable bonds is 8. The molecule has 9 heteroatoms. The van der Waals surface area contributed by atoms with Crippen molar-refractivity contribution in [1.29, 1.82) is 0 Å². The minimum Gasteiger partial charge on any atom is -0.493 e. The highest BCUT2D eigenvalue weighted by Crippen LogP contribution is 2.37. The Balaban J connectivity index is 1.26. The van der Waals surface area contributed by atoms with Crippen molar-refractivity contribution in [2.45, 2.75) is 38.5 Å². The maximum atomic E-state index is 12.1. The number of fused-ring (bicyclic) bond motifs is 1. The van der Waals surface area contributed by atoms with E-state index in [2.05, 4.69) is 14.5 Å². The number of hydrogen-bond acceptors (Lipinski definition) is 5. The monoisotopic (exact) mass is 500 g/mol. The van der Waals surface area contributed by atoms with E-state index >= 15 is 0 Å². The summed E-state index contributed by atoms with van der Waals surface area (Å²) in [5, 5.41) is 9.12. The molecular formula is C28H28N4O5. The van der Waals surface area contributed by atoms with E-state index in [9.17, 15) is 14.4 Å².